The summed E-state index contributed by atoms with van der Waals surface area (Å²) in [4.78, 5) is 15.7. The van der Waals surface area contributed by atoms with Gasteiger partial charge in [-0.1, -0.05) is 24.3 Å². The molecule has 1 unspecified atom stereocenters. The Morgan fingerprint density at radius 3 is 2.75 bits per heavy atom. The van der Waals surface area contributed by atoms with Crippen molar-refractivity contribution >= 4 is 5.91 Å². The molecule has 1 amide bonds. The summed E-state index contributed by atoms with van der Waals surface area (Å²) < 4.78 is 5.31. The van der Waals surface area contributed by atoms with E-state index in [0.717, 1.165) is 0 Å². The number of benzene rings is 1. The molecule has 0 radical (unpaired) electrons. The molecular formula is C15H13N3O2. The maximum absolute atomic E-state index is 11.8. The highest BCUT2D eigenvalue weighted by atomic mass is 16.5. The Bertz CT molecular complexity index is 594. The van der Waals surface area contributed by atoms with Gasteiger partial charge >= 0.3 is 0 Å². The van der Waals surface area contributed by atoms with E-state index in [-0.39, 0.29) is 12.5 Å². The minimum atomic E-state index is -0.726. The first kappa shape index (κ1) is 13.6. The minimum Gasteiger partial charge on any atom is -0.484 e. The Morgan fingerprint density at radius 1 is 1.30 bits per heavy atom. The summed E-state index contributed by atoms with van der Waals surface area (Å²) in [7, 11) is 0. The molecular weight excluding hydrogens is 254 g/mol. The quantitative estimate of drug-likeness (QED) is 0.897. The molecule has 0 saturated carbocycles. The number of nitriles is 1. The lowest BCUT2D eigenvalue weighted by molar-refractivity contribution is -0.123. The van der Waals surface area contributed by atoms with Crippen molar-refractivity contribution in [3.8, 4) is 11.8 Å². The molecule has 1 aromatic carbocycles. The summed E-state index contributed by atoms with van der Waals surface area (Å²) in [6.07, 6.45) is 3.16. The van der Waals surface area contributed by atoms with Crippen molar-refractivity contribution in [2.24, 2.45) is 0 Å². The molecule has 0 bridgehead atoms. The number of carbonyl (C=O) groups is 1. The van der Waals surface area contributed by atoms with Gasteiger partial charge in [0.25, 0.3) is 5.91 Å². The maximum atomic E-state index is 11.8. The Kier molecular flexibility index (Phi) is 4.68. The number of nitrogens with zero attached hydrogens (tertiary/aromatic N) is 2. The van der Waals surface area contributed by atoms with E-state index in [0.29, 0.717) is 11.3 Å². The van der Waals surface area contributed by atoms with E-state index in [1.54, 1.807) is 36.7 Å². The van der Waals surface area contributed by atoms with Crippen LogP contribution in [0.1, 0.15) is 11.6 Å². The van der Waals surface area contributed by atoms with E-state index in [4.69, 9.17) is 10.00 Å². The first-order chi connectivity index (χ1) is 9.79. The van der Waals surface area contributed by atoms with Gasteiger partial charge in [-0.25, -0.2) is 0 Å². The lowest BCUT2D eigenvalue weighted by Crippen LogP contribution is -2.32. The monoisotopic (exact) mass is 267 g/mol. The molecule has 0 aliphatic carbocycles. The molecule has 0 saturated heterocycles. The van der Waals surface area contributed by atoms with E-state index in [1.165, 1.54) is 0 Å². The number of hydrogen-bond donors (Lipinski definition) is 1. The summed E-state index contributed by atoms with van der Waals surface area (Å²) in [6, 6.07) is 13.8. The number of pyridine rings is 1. The highest BCUT2D eigenvalue weighted by Crippen LogP contribution is 2.10. The van der Waals surface area contributed by atoms with Crippen molar-refractivity contribution in [3.05, 3.63) is 60.4 Å². The van der Waals surface area contributed by atoms with Crippen LogP contribution in [0.2, 0.25) is 0 Å². The molecule has 2 aromatic rings. The fraction of sp³-hybridized carbons (Fsp3) is 0.133. The Balaban J connectivity index is 1.89. The zero-order valence-electron chi connectivity index (χ0n) is 10.7. The average Bonchev–Trinajstić information content (AvgIpc) is 2.52. The minimum absolute atomic E-state index is 0.136. The molecule has 5 nitrogen and oxygen atoms in total. The highest BCUT2D eigenvalue weighted by molar-refractivity contribution is 5.78. The van der Waals surface area contributed by atoms with E-state index >= 15 is 0 Å². The number of rotatable bonds is 5. The number of amides is 1. The van der Waals surface area contributed by atoms with Gasteiger partial charge in [0.15, 0.2) is 6.61 Å². The number of aromatic nitrogens is 1. The van der Waals surface area contributed by atoms with E-state index in [1.807, 2.05) is 24.3 Å². The lowest BCUT2D eigenvalue weighted by Gasteiger charge is -2.12. The van der Waals surface area contributed by atoms with Crippen molar-refractivity contribution in [2.45, 2.75) is 6.04 Å². The number of nitrogens with one attached hydrogen (secondary N) is 1. The van der Waals surface area contributed by atoms with Crippen molar-refractivity contribution in [3.63, 3.8) is 0 Å². The topological polar surface area (TPSA) is 75.0 Å². The fourth-order valence-electron chi connectivity index (χ4n) is 1.61. The van der Waals surface area contributed by atoms with Gasteiger partial charge in [0.05, 0.1) is 6.07 Å². The first-order valence-electron chi connectivity index (χ1n) is 6.06. The largest absolute Gasteiger partial charge is 0.484 e. The summed E-state index contributed by atoms with van der Waals surface area (Å²) in [6.45, 7) is -0.136. The van der Waals surface area contributed by atoms with Crippen LogP contribution < -0.4 is 10.1 Å². The van der Waals surface area contributed by atoms with E-state index in [2.05, 4.69) is 10.3 Å². The van der Waals surface area contributed by atoms with E-state index < -0.39 is 6.04 Å². The summed E-state index contributed by atoms with van der Waals surface area (Å²) >= 11 is 0. The molecule has 1 aromatic heterocycles. The van der Waals surface area contributed by atoms with Crippen LogP contribution in [0.15, 0.2) is 54.9 Å². The van der Waals surface area contributed by atoms with Crippen molar-refractivity contribution in [2.75, 3.05) is 6.61 Å². The zero-order chi connectivity index (χ0) is 14.2. The molecule has 1 N–H and O–H groups in total. The van der Waals surface area contributed by atoms with E-state index in [9.17, 15) is 4.79 Å². The Hall–Kier alpha value is -2.87. The first-order valence-corrected chi connectivity index (χ1v) is 6.06. The standard InChI is InChI=1S/C15H13N3O2/c16-9-14(12-5-4-8-17-10-12)18-15(19)11-20-13-6-2-1-3-7-13/h1-8,10,14H,11H2,(H,18,19). The number of para-hydroxylation sites is 1. The molecule has 2 rings (SSSR count). The Labute approximate surface area is 116 Å². The second-order valence-electron chi connectivity index (χ2n) is 4.02. The summed E-state index contributed by atoms with van der Waals surface area (Å²) in [5, 5.41) is 11.7. The number of carbonyl (C=O) groups excluding carboxylic acids is 1. The van der Waals surface area contributed by atoms with Gasteiger partial charge in [-0.15, -0.1) is 0 Å². The second-order valence-corrected chi connectivity index (χ2v) is 4.02. The molecule has 5 heteroatoms. The smallest absolute Gasteiger partial charge is 0.259 e. The van der Waals surface area contributed by atoms with Gasteiger partial charge in [0.1, 0.15) is 11.8 Å². The molecule has 0 aliphatic rings. The normalized spacial score (nSPS) is 11.2. The third-order valence-corrected chi connectivity index (χ3v) is 2.57. The molecule has 0 fully saturated rings. The average molecular weight is 267 g/mol. The van der Waals surface area contributed by atoms with Crippen molar-refractivity contribution in [1.29, 1.82) is 5.26 Å². The molecule has 0 aliphatic heterocycles. The van der Waals surface area contributed by atoms with Crippen LogP contribution in [-0.2, 0) is 4.79 Å². The van der Waals surface area contributed by atoms with Crippen LogP contribution in [0.25, 0.3) is 0 Å². The van der Waals surface area contributed by atoms with Crippen LogP contribution in [0.5, 0.6) is 5.75 Å². The lowest BCUT2D eigenvalue weighted by atomic mass is 10.1. The zero-order valence-corrected chi connectivity index (χ0v) is 10.7. The fourth-order valence-corrected chi connectivity index (χ4v) is 1.61. The highest BCUT2D eigenvalue weighted by Gasteiger charge is 2.14. The van der Waals surface area contributed by atoms with Gasteiger partial charge in [-0.2, -0.15) is 5.26 Å². The van der Waals surface area contributed by atoms with Crippen LogP contribution >= 0.6 is 0 Å². The molecule has 0 spiro atoms. The second kappa shape index (κ2) is 6.90. The predicted molar refractivity (Wildman–Crippen MR) is 72.7 cm³/mol. The third kappa shape index (κ3) is 3.82. The number of hydrogen-bond acceptors (Lipinski definition) is 4. The van der Waals surface area contributed by atoms with Gasteiger partial charge in [-0.05, 0) is 18.2 Å². The van der Waals surface area contributed by atoms with Crippen molar-refractivity contribution < 1.29 is 9.53 Å². The van der Waals surface area contributed by atoms with Crippen LogP contribution in [0.3, 0.4) is 0 Å². The van der Waals surface area contributed by atoms with Gasteiger partial charge in [-0.3, -0.25) is 9.78 Å². The van der Waals surface area contributed by atoms with Crippen LogP contribution in [-0.4, -0.2) is 17.5 Å². The van der Waals surface area contributed by atoms with Crippen molar-refractivity contribution in [1.82, 2.24) is 10.3 Å². The molecule has 100 valence electrons. The predicted octanol–water partition coefficient (Wildman–Crippen LogP) is 1.84. The van der Waals surface area contributed by atoms with Crippen LogP contribution in [0.4, 0.5) is 0 Å². The SMILES string of the molecule is N#CC(NC(=O)COc1ccccc1)c1cccnc1. The third-order valence-electron chi connectivity index (χ3n) is 2.57. The summed E-state index contributed by atoms with van der Waals surface area (Å²) in [5.41, 5.74) is 0.642. The maximum Gasteiger partial charge on any atom is 0.259 e. The van der Waals surface area contributed by atoms with Gasteiger partial charge in [0.2, 0.25) is 0 Å². The molecule has 1 heterocycles. The molecule has 1 atom stereocenters. The van der Waals surface area contributed by atoms with Crippen LogP contribution in [0, 0.1) is 11.3 Å². The van der Waals surface area contributed by atoms with Gasteiger partial charge < -0.3 is 10.1 Å². The Morgan fingerprint density at radius 2 is 2.10 bits per heavy atom. The summed E-state index contributed by atoms with van der Waals surface area (Å²) in [5.74, 6) is 0.252. The molecule has 20 heavy (non-hydrogen) atoms. The number of ether oxygens (including phenoxy) is 1. The van der Waals surface area contributed by atoms with Gasteiger partial charge in [0, 0.05) is 18.0 Å².